The van der Waals surface area contributed by atoms with Crippen LogP contribution in [0.4, 0.5) is 0 Å². The number of carboxylic acid groups (broad SMARTS) is 1. The fraction of sp³-hybridized carbons (Fsp3) is 0.200. The van der Waals surface area contributed by atoms with E-state index in [9.17, 15) is 14.7 Å². The van der Waals surface area contributed by atoms with Gasteiger partial charge in [0.15, 0.2) is 0 Å². The van der Waals surface area contributed by atoms with Gasteiger partial charge < -0.3 is 14.6 Å². The average Bonchev–Trinajstić information content (AvgIpc) is 2.14. The Morgan fingerprint density at radius 3 is 2.18 bits per heavy atom. The zero-order chi connectivity index (χ0) is 13.0. The Bertz CT molecular complexity index is 436. The molecule has 0 amide bonds. The Labute approximate surface area is 139 Å². The van der Waals surface area contributed by atoms with Crippen LogP contribution in [0.2, 0.25) is 0 Å². The van der Waals surface area contributed by atoms with E-state index in [1.54, 1.807) is 0 Å². The van der Waals surface area contributed by atoms with E-state index >= 15 is 0 Å². The Balaban J connectivity index is 2.79. The number of aliphatic carboxylic acids is 1. The number of carboxylic acids is 1. The summed E-state index contributed by atoms with van der Waals surface area (Å²) in [4.78, 5) is 21.9. The van der Waals surface area contributed by atoms with Crippen molar-refractivity contribution < 1.29 is 19.4 Å². The number of hydrogen-bond acceptors (Lipinski definition) is 4. The second-order valence-electron chi connectivity index (χ2n) is 3.00. The van der Waals surface area contributed by atoms with Gasteiger partial charge in [0.1, 0.15) is 0 Å². The number of hydrogen-bond donors (Lipinski definition) is 0. The molecule has 0 radical (unpaired) electrons. The maximum absolute atomic E-state index is 11.7. The van der Waals surface area contributed by atoms with Gasteiger partial charge in [0.05, 0.1) is 12.2 Å². The molecule has 0 aliphatic carbocycles. The molecule has 0 aliphatic rings. The minimum Gasteiger partial charge on any atom is -0.550 e. The Morgan fingerprint density at radius 1 is 1.18 bits per heavy atom. The summed E-state index contributed by atoms with van der Waals surface area (Å²) in [5, 5.41) is 10.2. The SMILES string of the molecule is O=C([O-])CCOC(=O)c1c(I)cc(I)cc1I. The van der Waals surface area contributed by atoms with E-state index in [0.717, 1.165) is 10.7 Å². The second kappa shape index (κ2) is 7.07. The molecule has 1 aromatic rings. The van der Waals surface area contributed by atoms with E-state index in [0.29, 0.717) is 5.56 Å². The molecule has 4 nitrogen and oxygen atoms in total. The quantitative estimate of drug-likeness (QED) is 0.409. The monoisotopic (exact) mass is 571 g/mol. The molecule has 0 heterocycles. The van der Waals surface area contributed by atoms with Crippen molar-refractivity contribution in [3.63, 3.8) is 0 Å². The Kier molecular flexibility index (Phi) is 6.40. The van der Waals surface area contributed by atoms with Gasteiger partial charge in [0, 0.05) is 23.1 Å². The van der Waals surface area contributed by atoms with Crippen LogP contribution in [0, 0.1) is 10.7 Å². The first-order chi connectivity index (χ1) is 7.91. The zero-order valence-corrected chi connectivity index (χ0v) is 14.8. The van der Waals surface area contributed by atoms with Crippen molar-refractivity contribution in [3.8, 4) is 0 Å². The van der Waals surface area contributed by atoms with Crippen LogP contribution >= 0.6 is 67.8 Å². The normalized spacial score (nSPS) is 10.1. The molecular weight excluding hydrogens is 565 g/mol. The van der Waals surface area contributed by atoms with Crippen LogP contribution in [-0.2, 0) is 9.53 Å². The summed E-state index contributed by atoms with van der Waals surface area (Å²) in [5.41, 5.74) is 0.477. The van der Waals surface area contributed by atoms with Crippen LogP contribution < -0.4 is 5.11 Å². The van der Waals surface area contributed by atoms with Crippen LogP contribution in [0.1, 0.15) is 16.8 Å². The predicted octanol–water partition coefficient (Wildman–Crippen LogP) is 1.80. The summed E-state index contributed by atoms with van der Waals surface area (Å²) in [6, 6.07) is 3.72. The van der Waals surface area contributed by atoms with Gasteiger partial charge in [-0.3, -0.25) is 0 Å². The third-order valence-electron chi connectivity index (χ3n) is 1.75. The molecule has 0 spiro atoms. The van der Waals surface area contributed by atoms with E-state index in [1.165, 1.54) is 0 Å². The fourth-order valence-corrected chi connectivity index (χ4v) is 5.06. The van der Waals surface area contributed by atoms with E-state index in [1.807, 2.05) is 12.1 Å². The number of carbonyl (C=O) groups excluding carboxylic acids is 2. The van der Waals surface area contributed by atoms with Crippen LogP contribution in [0.15, 0.2) is 12.1 Å². The number of halogens is 3. The molecule has 17 heavy (non-hydrogen) atoms. The summed E-state index contributed by atoms with van der Waals surface area (Å²) in [6.45, 7) is -0.167. The molecule has 0 atom stereocenters. The van der Waals surface area contributed by atoms with Crippen LogP contribution in [0.25, 0.3) is 0 Å². The van der Waals surface area contributed by atoms with E-state index in [4.69, 9.17) is 4.74 Å². The van der Waals surface area contributed by atoms with E-state index in [2.05, 4.69) is 67.8 Å². The van der Waals surface area contributed by atoms with Gasteiger partial charge in [-0.15, -0.1) is 0 Å². The predicted molar refractivity (Wildman–Crippen MR) is 84.5 cm³/mol. The van der Waals surface area contributed by atoms with Crippen molar-refractivity contribution in [1.82, 2.24) is 0 Å². The third kappa shape index (κ3) is 4.85. The molecule has 0 unspecified atom stereocenters. The number of rotatable bonds is 4. The lowest BCUT2D eigenvalue weighted by Crippen LogP contribution is -2.24. The van der Waals surface area contributed by atoms with Gasteiger partial charge in [0.25, 0.3) is 0 Å². The highest BCUT2D eigenvalue weighted by atomic mass is 127. The lowest BCUT2D eigenvalue weighted by molar-refractivity contribution is -0.306. The fourth-order valence-electron chi connectivity index (χ4n) is 1.04. The van der Waals surface area contributed by atoms with Crippen LogP contribution in [-0.4, -0.2) is 18.5 Å². The first-order valence-corrected chi connectivity index (χ1v) is 7.67. The van der Waals surface area contributed by atoms with Gasteiger partial charge in [0.2, 0.25) is 0 Å². The molecule has 0 N–H and O–H groups in total. The molecular formula is C10H6I3O4-. The van der Waals surface area contributed by atoms with Gasteiger partial charge >= 0.3 is 5.97 Å². The number of esters is 1. The van der Waals surface area contributed by atoms with E-state index in [-0.39, 0.29) is 13.0 Å². The second-order valence-corrected chi connectivity index (χ2v) is 6.57. The largest absolute Gasteiger partial charge is 0.550 e. The van der Waals surface area contributed by atoms with Gasteiger partial charge in [-0.2, -0.15) is 0 Å². The molecule has 0 bridgehead atoms. The number of carbonyl (C=O) groups is 2. The standard InChI is InChI=1S/C10H7I3O4/c11-5-3-6(12)9(7(13)4-5)10(16)17-2-1-8(14)15/h3-4H,1-2H2,(H,14,15)/p-1. The van der Waals surface area contributed by atoms with E-state index < -0.39 is 11.9 Å². The first kappa shape index (κ1) is 15.4. The van der Waals surface area contributed by atoms with Gasteiger partial charge in [-0.05, 0) is 79.9 Å². The van der Waals surface area contributed by atoms with Crippen molar-refractivity contribution in [2.24, 2.45) is 0 Å². The molecule has 0 aliphatic heterocycles. The lowest BCUT2D eigenvalue weighted by atomic mass is 10.2. The molecule has 0 aromatic heterocycles. The molecule has 1 aromatic carbocycles. The smallest absolute Gasteiger partial charge is 0.340 e. The van der Waals surface area contributed by atoms with Crippen LogP contribution in [0.5, 0.6) is 0 Å². The lowest BCUT2D eigenvalue weighted by Gasteiger charge is -2.09. The Hall–Kier alpha value is 0.350. The van der Waals surface area contributed by atoms with Crippen molar-refractivity contribution in [3.05, 3.63) is 28.4 Å². The molecule has 0 saturated heterocycles. The maximum Gasteiger partial charge on any atom is 0.340 e. The summed E-state index contributed by atoms with van der Waals surface area (Å²) < 4.78 is 7.48. The number of benzene rings is 1. The zero-order valence-electron chi connectivity index (χ0n) is 8.34. The summed E-state index contributed by atoms with van der Waals surface area (Å²) >= 11 is 6.27. The molecule has 0 fully saturated rings. The minimum absolute atomic E-state index is 0.167. The first-order valence-electron chi connectivity index (χ1n) is 4.43. The van der Waals surface area contributed by atoms with Crippen molar-refractivity contribution in [1.29, 1.82) is 0 Å². The minimum atomic E-state index is -1.23. The van der Waals surface area contributed by atoms with Crippen molar-refractivity contribution in [2.75, 3.05) is 6.61 Å². The van der Waals surface area contributed by atoms with Crippen molar-refractivity contribution in [2.45, 2.75) is 6.42 Å². The highest BCUT2D eigenvalue weighted by Crippen LogP contribution is 2.23. The molecule has 92 valence electrons. The summed E-state index contributed by atoms with van der Waals surface area (Å²) in [5.74, 6) is -1.73. The van der Waals surface area contributed by atoms with Crippen LogP contribution in [0.3, 0.4) is 0 Å². The molecule has 1 rings (SSSR count). The highest BCUT2D eigenvalue weighted by Gasteiger charge is 2.16. The summed E-state index contributed by atoms with van der Waals surface area (Å²) in [6.07, 6.45) is -0.288. The topological polar surface area (TPSA) is 66.4 Å². The molecule has 7 heteroatoms. The maximum atomic E-state index is 11.7. The van der Waals surface area contributed by atoms with Crippen molar-refractivity contribution >= 4 is 79.7 Å². The highest BCUT2D eigenvalue weighted by molar-refractivity contribution is 14.1. The number of ether oxygens (including phenoxy) is 1. The third-order valence-corrected chi connectivity index (χ3v) is 4.07. The van der Waals surface area contributed by atoms with Gasteiger partial charge in [-0.25, -0.2) is 4.79 Å². The average molecular weight is 571 g/mol. The van der Waals surface area contributed by atoms with Gasteiger partial charge in [-0.1, -0.05) is 0 Å². The summed E-state index contributed by atoms with van der Waals surface area (Å²) in [7, 11) is 0. The molecule has 0 saturated carbocycles. The Morgan fingerprint density at radius 2 is 1.71 bits per heavy atom.